The molecule has 0 saturated carbocycles. The smallest absolute Gasteiger partial charge is 0.0722 e. The summed E-state index contributed by atoms with van der Waals surface area (Å²) in [5.74, 6) is 0.731. The van der Waals surface area contributed by atoms with E-state index < -0.39 is 0 Å². The molecule has 3 rings (SSSR count). The number of hydrogen-bond acceptors (Lipinski definition) is 2. The Morgan fingerprint density at radius 1 is 1.17 bits per heavy atom. The second kappa shape index (κ2) is 5.20. The standard InChI is InChI=1S/C13H15BrCl2N2/c14-9-5-10(15)13(11(16)6-9)17-12-2-4-18-3-1-8(12)7-18/h5-6,8,12,17H,1-4,7H2. The largest absolute Gasteiger partial charge is 0.380 e. The molecule has 2 bridgehead atoms. The molecule has 1 aromatic carbocycles. The molecule has 0 amide bonds. The first-order valence-corrected chi connectivity index (χ1v) is 7.82. The highest BCUT2D eigenvalue weighted by atomic mass is 79.9. The summed E-state index contributed by atoms with van der Waals surface area (Å²) >= 11 is 15.9. The average molecular weight is 350 g/mol. The van der Waals surface area contributed by atoms with E-state index in [2.05, 4.69) is 26.1 Å². The minimum Gasteiger partial charge on any atom is -0.380 e. The van der Waals surface area contributed by atoms with E-state index in [1.165, 1.54) is 32.5 Å². The lowest BCUT2D eigenvalue weighted by Crippen LogP contribution is -2.39. The van der Waals surface area contributed by atoms with Crippen LogP contribution in [-0.4, -0.2) is 30.6 Å². The van der Waals surface area contributed by atoms with E-state index >= 15 is 0 Å². The van der Waals surface area contributed by atoms with Crippen LogP contribution < -0.4 is 5.32 Å². The van der Waals surface area contributed by atoms with Crippen LogP contribution >= 0.6 is 39.1 Å². The highest BCUT2D eigenvalue weighted by Gasteiger charge is 2.34. The van der Waals surface area contributed by atoms with E-state index in [4.69, 9.17) is 23.2 Å². The Morgan fingerprint density at radius 2 is 1.83 bits per heavy atom. The fraction of sp³-hybridized carbons (Fsp3) is 0.538. The van der Waals surface area contributed by atoms with Gasteiger partial charge >= 0.3 is 0 Å². The molecule has 1 N–H and O–H groups in total. The molecular weight excluding hydrogens is 335 g/mol. The number of hydrogen-bond donors (Lipinski definition) is 1. The van der Waals surface area contributed by atoms with Crippen LogP contribution in [0.5, 0.6) is 0 Å². The molecule has 2 aliphatic rings. The zero-order valence-corrected chi connectivity index (χ0v) is 13.0. The van der Waals surface area contributed by atoms with Gasteiger partial charge in [-0.3, -0.25) is 0 Å². The third kappa shape index (κ3) is 2.51. The van der Waals surface area contributed by atoms with E-state index in [0.717, 1.165) is 16.1 Å². The second-order valence-electron chi connectivity index (χ2n) is 5.13. The molecule has 0 aliphatic carbocycles. The zero-order valence-electron chi connectivity index (χ0n) is 9.93. The van der Waals surface area contributed by atoms with Crippen molar-refractivity contribution >= 4 is 44.8 Å². The molecule has 0 aromatic heterocycles. The van der Waals surface area contributed by atoms with Crippen LogP contribution in [0.2, 0.25) is 10.0 Å². The first kappa shape index (κ1) is 13.0. The van der Waals surface area contributed by atoms with Crippen LogP contribution in [0.1, 0.15) is 12.8 Å². The van der Waals surface area contributed by atoms with Crippen molar-refractivity contribution in [3.05, 3.63) is 26.7 Å². The molecule has 1 aromatic rings. The summed E-state index contributed by atoms with van der Waals surface area (Å²) in [6.07, 6.45) is 2.46. The number of halogens is 3. The molecule has 18 heavy (non-hydrogen) atoms. The predicted octanol–water partition coefficient (Wildman–Crippen LogP) is 4.26. The summed E-state index contributed by atoms with van der Waals surface area (Å²) < 4.78 is 0.915. The quantitative estimate of drug-likeness (QED) is 0.858. The highest BCUT2D eigenvalue weighted by molar-refractivity contribution is 9.10. The first-order valence-electron chi connectivity index (χ1n) is 6.27. The SMILES string of the molecule is Clc1cc(Br)cc(Cl)c1NC1CCN2CCC1C2. The molecule has 3 atom stereocenters. The van der Waals surface area contributed by atoms with Crippen LogP contribution in [0.15, 0.2) is 16.6 Å². The van der Waals surface area contributed by atoms with Crippen LogP contribution in [0, 0.1) is 5.92 Å². The Bertz CT molecular complexity index is 443. The molecule has 0 spiro atoms. The van der Waals surface area contributed by atoms with Crippen molar-refractivity contribution in [3.8, 4) is 0 Å². The van der Waals surface area contributed by atoms with E-state index in [9.17, 15) is 0 Å². The number of nitrogens with zero attached hydrogens (tertiary/aromatic N) is 1. The third-order valence-corrected chi connectivity index (χ3v) is 5.02. The molecule has 2 saturated heterocycles. The number of rotatable bonds is 2. The van der Waals surface area contributed by atoms with E-state index in [-0.39, 0.29) is 0 Å². The fourth-order valence-electron chi connectivity index (χ4n) is 3.01. The number of piperidine rings is 1. The van der Waals surface area contributed by atoms with Gasteiger partial charge in [0.1, 0.15) is 0 Å². The van der Waals surface area contributed by atoms with Gasteiger partial charge in [0, 0.05) is 23.6 Å². The van der Waals surface area contributed by atoms with E-state index in [1.54, 1.807) is 0 Å². The summed E-state index contributed by atoms with van der Waals surface area (Å²) in [6, 6.07) is 4.28. The molecule has 2 fully saturated rings. The molecule has 98 valence electrons. The Morgan fingerprint density at radius 3 is 2.56 bits per heavy atom. The topological polar surface area (TPSA) is 15.3 Å². The van der Waals surface area contributed by atoms with Gasteiger partial charge in [-0.2, -0.15) is 0 Å². The van der Waals surface area contributed by atoms with Crippen molar-refractivity contribution in [2.75, 3.05) is 25.0 Å². The average Bonchev–Trinajstić information content (AvgIpc) is 2.69. The third-order valence-electron chi connectivity index (χ3n) is 3.97. The van der Waals surface area contributed by atoms with Gasteiger partial charge in [0.2, 0.25) is 0 Å². The van der Waals surface area contributed by atoms with Crippen molar-refractivity contribution in [1.82, 2.24) is 4.90 Å². The van der Waals surface area contributed by atoms with Crippen LogP contribution in [0.25, 0.3) is 0 Å². The number of benzene rings is 1. The first-order chi connectivity index (χ1) is 8.63. The highest BCUT2D eigenvalue weighted by Crippen LogP contribution is 2.37. The maximum absolute atomic E-state index is 6.27. The maximum Gasteiger partial charge on any atom is 0.0722 e. The van der Waals surface area contributed by atoms with Crippen molar-refractivity contribution in [3.63, 3.8) is 0 Å². The van der Waals surface area contributed by atoms with Crippen LogP contribution in [0.4, 0.5) is 5.69 Å². The molecule has 3 unspecified atom stereocenters. The summed E-state index contributed by atoms with van der Waals surface area (Å²) in [7, 11) is 0. The van der Waals surface area contributed by atoms with Gasteiger partial charge in [0.15, 0.2) is 0 Å². The predicted molar refractivity (Wildman–Crippen MR) is 80.7 cm³/mol. The van der Waals surface area contributed by atoms with Gasteiger partial charge in [0.05, 0.1) is 15.7 Å². The lowest BCUT2D eigenvalue weighted by molar-refractivity contribution is 0.255. The summed E-state index contributed by atoms with van der Waals surface area (Å²) in [6.45, 7) is 3.63. The second-order valence-corrected chi connectivity index (χ2v) is 6.86. The molecule has 2 aliphatic heterocycles. The Labute approximate surface area is 126 Å². The summed E-state index contributed by atoms with van der Waals surface area (Å²) in [4.78, 5) is 2.54. The van der Waals surface area contributed by atoms with Crippen LogP contribution in [0.3, 0.4) is 0 Å². The van der Waals surface area contributed by atoms with Gasteiger partial charge in [-0.15, -0.1) is 0 Å². The van der Waals surface area contributed by atoms with E-state index in [1.807, 2.05) is 12.1 Å². The van der Waals surface area contributed by atoms with Gasteiger partial charge in [-0.1, -0.05) is 39.1 Å². The van der Waals surface area contributed by atoms with Crippen LogP contribution in [-0.2, 0) is 0 Å². The molecular formula is C13H15BrCl2N2. The normalized spacial score (nSPS) is 30.5. The lowest BCUT2D eigenvalue weighted by atomic mass is 9.94. The maximum atomic E-state index is 6.27. The number of fused-ring (bicyclic) bond motifs is 2. The van der Waals surface area contributed by atoms with Gasteiger partial charge in [0.25, 0.3) is 0 Å². The molecule has 2 heterocycles. The minimum absolute atomic E-state index is 0.500. The summed E-state index contributed by atoms with van der Waals surface area (Å²) in [5.41, 5.74) is 0.881. The Kier molecular flexibility index (Phi) is 3.77. The fourth-order valence-corrected chi connectivity index (χ4v) is 4.32. The Hall–Kier alpha value is 0.0400. The summed E-state index contributed by atoms with van der Waals surface area (Å²) in [5, 5.41) is 4.94. The van der Waals surface area contributed by atoms with E-state index in [0.29, 0.717) is 16.1 Å². The Balaban J connectivity index is 1.80. The van der Waals surface area contributed by atoms with Gasteiger partial charge < -0.3 is 10.2 Å². The molecule has 2 nitrogen and oxygen atoms in total. The van der Waals surface area contributed by atoms with Crippen molar-refractivity contribution in [2.24, 2.45) is 5.92 Å². The zero-order chi connectivity index (χ0) is 12.7. The lowest BCUT2D eigenvalue weighted by Gasteiger charge is -2.32. The van der Waals surface area contributed by atoms with Crippen molar-refractivity contribution in [2.45, 2.75) is 18.9 Å². The van der Waals surface area contributed by atoms with Crippen molar-refractivity contribution in [1.29, 1.82) is 0 Å². The number of anilines is 1. The number of nitrogens with one attached hydrogen (secondary N) is 1. The van der Waals surface area contributed by atoms with Gasteiger partial charge in [-0.05, 0) is 37.4 Å². The molecule has 5 heteroatoms. The van der Waals surface area contributed by atoms with Crippen molar-refractivity contribution < 1.29 is 0 Å². The molecule has 0 radical (unpaired) electrons. The minimum atomic E-state index is 0.500. The monoisotopic (exact) mass is 348 g/mol. The van der Waals surface area contributed by atoms with Gasteiger partial charge in [-0.25, -0.2) is 0 Å².